The minimum absolute atomic E-state index is 0.133. The third-order valence-corrected chi connectivity index (χ3v) is 3.90. The Morgan fingerprint density at radius 1 is 1.07 bits per heavy atom. The van der Waals surface area contributed by atoms with Crippen molar-refractivity contribution in [1.82, 2.24) is 10.6 Å². The molecule has 0 atom stereocenters. The molecule has 0 radical (unpaired) electrons. The lowest BCUT2D eigenvalue weighted by Gasteiger charge is -2.13. The van der Waals surface area contributed by atoms with Crippen molar-refractivity contribution in [3.05, 3.63) is 59.7 Å². The number of amides is 1. The third-order valence-electron chi connectivity index (χ3n) is 3.65. The van der Waals surface area contributed by atoms with Crippen LogP contribution in [0.3, 0.4) is 0 Å². The minimum atomic E-state index is -0.328. The van der Waals surface area contributed by atoms with Gasteiger partial charge in [0.2, 0.25) is 0 Å². The quantitative estimate of drug-likeness (QED) is 0.495. The van der Waals surface area contributed by atoms with Crippen molar-refractivity contribution in [3.63, 3.8) is 0 Å². The summed E-state index contributed by atoms with van der Waals surface area (Å²) in [6.07, 6.45) is 0.133. The highest BCUT2D eigenvalue weighted by Crippen LogP contribution is 2.18. The average Bonchev–Trinajstić information content (AvgIpc) is 2.67. The number of nitrogens with one attached hydrogen (secondary N) is 2. The minimum Gasteiger partial charge on any atom is -0.491 e. The summed E-state index contributed by atoms with van der Waals surface area (Å²) in [5.74, 6) is 0.978. The van der Waals surface area contributed by atoms with E-state index in [9.17, 15) is 4.79 Å². The summed E-state index contributed by atoms with van der Waals surface area (Å²) in [7, 11) is 1.59. The maximum absolute atomic E-state index is 12.5. The number of para-hydroxylation sites is 1. The number of carbonyl (C=O) groups is 1. The van der Waals surface area contributed by atoms with E-state index in [-0.39, 0.29) is 17.1 Å². The predicted octanol–water partition coefficient (Wildman–Crippen LogP) is 3.30. The second kappa shape index (κ2) is 11.3. The molecule has 0 fully saturated rings. The summed E-state index contributed by atoms with van der Waals surface area (Å²) in [6.45, 7) is 5.26. The zero-order valence-corrected chi connectivity index (χ0v) is 17.2. The first-order valence-electron chi connectivity index (χ1n) is 9.05. The van der Waals surface area contributed by atoms with Gasteiger partial charge in [-0.15, -0.1) is 0 Å². The van der Waals surface area contributed by atoms with Crippen LogP contribution in [0.5, 0.6) is 11.5 Å². The SMILES string of the molecule is COCCOc1ccccc1C(=O)NC(=S)NCc1ccc(OC(C)C)cc1. The number of benzene rings is 2. The highest BCUT2D eigenvalue weighted by Gasteiger charge is 2.13. The van der Waals surface area contributed by atoms with E-state index in [4.69, 9.17) is 26.4 Å². The van der Waals surface area contributed by atoms with E-state index in [0.29, 0.717) is 31.1 Å². The first kappa shape index (κ1) is 21.7. The molecular weight excluding hydrogens is 376 g/mol. The summed E-state index contributed by atoms with van der Waals surface area (Å²) < 4.78 is 16.2. The van der Waals surface area contributed by atoms with Gasteiger partial charge in [0.05, 0.1) is 18.3 Å². The first-order valence-corrected chi connectivity index (χ1v) is 9.46. The number of carbonyl (C=O) groups excluding carboxylic acids is 1. The molecule has 6 nitrogen and oxygen atoms in total. The highest BCUT2D eigenvalue weighted by molar-refractivity contribution is 7.80. The van der Waals surface area contributed by atoms with Gasteiger partial charge in [-0.1, -0.05) is 24.3 Å². The molecule has 0 spiro atoms. The van der Waals surface area contributed by atoms with E-state index in [1.807, 2.05) is 44.2 Å². The summed E-state index contributed by atoms with van der Waals surface area (Å²) in [6, 6.07) is 14.7. The van der Waals surface area contributed by atoms with Crippen molar-refractivity contribution < 1.29 is 19.0 Å². The van der Waals surface area contributed by atoms with Crippen molar-refractivity contribution in [2.75, 3.05) is 20.3 Å². The van der Waals surface area contributed by atoms with E-state index < -0.39 is 0 Å². The van der Waals surface area contributed by atoms with Gasteiger partial charge < -0.3 is 19.5 Å². The second-order valence-corrected chi connectivity index (χ2v) is 6.69. The van der Waals surface area contributed by atoms with Crippen LogP contribution in [0, 0.1) is 0 Å². The maximum Gasteiger partial charge on any atom is 0.261 e. The van der Waals surface area contributed by atoms with Crippen molar-refractivity contribution in [2.24, 2.45) is 0 Å². The Bertz CT molecular complexity index is 778. The molecule has 1 amide bonds. The van der Waals surface area contributed by atoms with E-state index >= 15 is 0 Å². The fourth-order valence-corrected chi connectivity index (χ4v) is 2.53. The largest absolute Gasteiger partial charge is 0.491 e. The summed E-state index contributed by atoms with van der Waals surface area (Å²) in [5, 5.41) is 5.96. The Balaban J connectivity index is 1.86. The summed E-state index contributed by atoms with van der Waals surface area (Å²) in [4.78, 5) is 12.5. The van der Waals surface area contributed by atoms with E-state index in [0.717, 1.165) is 11.3 Å². The van der Waals surface area contributed by atoms with Crippen LogP contribution >= 0.6 is 12.2 Å². The smallest absolute Gasteiger partial charge is 0.261 e. The molecule has 150 valence electrons. The van der Waals surface area contributed by atoms with Crippen molar-refractivity contribution in [3.8, 4) is 11.5 Å². The van der Waals surface area contributed by atoms with Gasteiger partial charge in [0.15, 0.2) is 5.11 Å². The van der Waals surface area contributed by atoms with Gasteiger partial charge >= 0.3 is 0 Å². The lowest BCUT2D eigenvalue weighted by atomic mass is 10.2. The van der Waals surface area contributed by atoms with Crippen molar-refractivity contribution in [1.29, 1.82) is 0 Å². The Morgan fingerprint density at radius 2 is 1.79 bits per heavy atom. The number of methoxy groups -OCH3 is 1. The van der Waals surface area contributed by atoms with E-state index in [1.54, 1.807) is 25.3 Å². The van der Waals surface area contributed by atoms with Crippen molar-refractivity contribution >= 4 is 23.2 Å². The van der Waals surface area contributed by atoms with Crippen LogP contribution in [0.2, 0.25) is 0 Å². The molecule has 0 aliphatic rings. The predicted molar refractivity (Wildman–Crippen MR) is 113 cm³/mol. The molecule has 28 heavy (non-hydrogen) atoms. The molecule has 0 aliphatic heterocycles. The molecule has 0 aromatic heterocycles. The second-order valence-electron chi connectivity index (χ2n) is 6.28. The highest BCUT2D eigenvalue weighted by atomic mass is 32.1. The molecule has 2 N–H and O–H groups in total. The van der Waals surface area contributed by atoms with Gasteiger partial charge in [0, 0.05) is 13.7 Å². The van der Waals surface area contributed by atoms with Crippen LogP contribution in [0.25, 0.3) is 0 Å². The topological polar surface area (TPSA) is 68.8 Å². The fourth-order valence-electron chi connectivity index (χ4n) is 2.37. The molecular formula is C21H26N2O4S. The molecule has 0 heterocycles. The molecule has 2 rings (SSSR count). The lowest BCUT2D eigenvalue weighted by Crippen LogP contribution is -2.39. The average molecular weight is 403 g/mol. The Hall–Kier alpha value is -2.64. The number of hydrogen-bond acceptors (Lipinski definition) is 5. The molecule has 0 saturated carbocycles. The number of rotatable bonds is 9. The summed E-state index contributed by atoms with van der Waals surface area (Å²) >= 11 is 5.23. The molecule has 0 saturated heterocycles. The van der Waals surface area contributed by atoms with Crippen LogP contribution in [0.15, 0.2) is 48.5 Å². The third kappa shape index (κ3) is 7.17. The first-order chi connectivity index (χ1) is 13.5. The molecule has 0 bridgehead atoms. The van der Waals surface area contributed by atoms with E-state index in [2.05, 4.69) is 10.6 Å². The monoisotopic (exact) mass is 402 g/mol. The molecule has 7 heteroatoms. The standard InChI is InChI=1S/C21H26N2O4S/c1-15(2)27-17-10-8-16(9-11-17)14-22-21(28)23-20(24)18-6-4-5-7-19(18)26-13-12-25-3/h4-11,15H,12-14H2,1-3H3,(H2,22,23,24,28). The van der Waals surface area contributed by atoms with Gasteiger partial charge in [-0.3, -0.25) is 10.1 Å². The zero-order chi connectivity index (χ0) is 20.4. The van der Waals surface area contributed by atoms with Gasteiger partial charge in [-0.2, -0.15) is 0 Å². The zero-order valence-electron chi connectivity index (χ0n) is 16.4. The normalized spacial score (nSPS) is 10.4. The molecule has 2 aromatic rings. The van der Waals surface area contributed by atoms with Gasteiger partial charge in [0.25, 0.3) is 5.91 Å². The number of thiocarbonyl (C=S) groups is 1. The van der Waals surface area contributed by atoms with Gasteiger partial charge in [0.1, 0.15) is 18.1 Å². The Morgan fingerprint density at radius 3 is 2.46 bits per heavy atom. The van der Waals surface area contributed by atoms with Crippen LogP contribution in [-0.4, -0.2) is 37.4 Å². The molecule has 0 aliphatic carbocycles. The van der Waals surface area contributed by atoms with Crippen LogP contribution < -0.4 is 20.1 Å². The Labute approximate surface area is 171 Å². The number of hydrogen-bond donors (Lipinski definition) is 2. The fraction of sp³-hybridized carbons (Fsp3) is 0.333. The van der Waals surface area contributed by atoms with Crippen molar-refractivity contribution in [2.45, 2.75) is 26.5 Å². The number of ether oxygens (including phenoxy) is 3. The maximum atomic E-state index is 12.5. The van der Waals surface area contributed by atoms with Gasteiger partial charge in [-0.25, -0.2) is 0 Å². The van der Waals surface area contributed by atoms with Gasteiger partial charge in [-0.05, 0) is 55.9 Å². The summed E-state index contributed by atoms with van der Waals surface area (Å²) in [5.41, 5.74) is 1.44. The van der Waals surface area contributed by atoms with Crippen LogP contribution in [0.1, 0.15) is 29.8 Å². The van der Waals surface area contributed by atoms with Crippen LogP contribution in [-0.2, 0) is 11.3 Å². The lowest BCUT2D eigenvalue weighted by molar-refractivity contribution is 0.0968. The van der Waals surface area contributed by atoms with Crippen LogP contribution in [0.4, 0.5) is 0 Å². The Kier molecular flexibility index (Phi) is 8.71. The van der Waals surface area contributed by atoms with E-state index in [1.165, 1.54) is 0 Å². The molecule has 0 unspecified atom stereocenters. The molecule has 2 aromatic carbocycles.